The van der Waals surface area contributed by atoms with E-state index in [1.165, 1.54) is 5.01 Å². The Labute approximate surface area is 169 Å². The number of hydrogen-bond donors (Lipinski definition) is 1. The monoisotopic (exact) mass is 399 g/mol. The lowest BCUT2D eigenvalue weighted by atomic mass is 9.98. The Kier molecular flexibility index (Phi) is 5.99. The average Bonchev–Trinajstić information content (AvgIpc) is 3.11. The number of anilines is 1. The number of carboxylic acids is 1. The minimum absolute atomic E-state index is 0.0945. The molecule has 0 saturated carbocycles. The third kappa shape index (κ3) is 4.51. The van der Waals surface area contributed by atoms with Crippen molar-refractivity contribution < 1.29 is 14.7 Å². The molecule has 1 amide bonds. The molecule has 1 heterocycles. The van der Waals surface area contributed by atoms with Crippen LogP contribution in [-0.4, -0.2) is 41.8 Å². The number of benzene rings is 2. The molecule has 0 saturated heterocycles. The fourth-order valence-electron chi connectivity index (χ4n) is 3.17. The summed E-state index contributed by atoms with van der Waals surface area (Å²) >= 11 is 6.13. The molecule has 0 aliphatic carbocycles. The molecule has 146 valence electrons. The van der Waals surface area contributed by atoms with E-state index in [9.17, 15) is 9.59 Å². The molecule has 2 aromatic rings. The first-order valence-corrected chi connectivity index (χ1v) is 9.37. The van der Waals surface area contributed by atoms with Crippen LogP contribution in [-0.2, 0) is 9.59 Å². The van der Waals surface area contributed by atoms with Crippen molar-refractivity contribution in [2.75, 3.05) is 19.0 Å². The fourth-order valence-corrected chi connectivity index (χ4v) is 3.37. The quantitative estimate of drug-likeness (QED) is 0.798. The van der Waals surface area contributed by atoms with Gasteiger partial charge >= 0.3 is 5.97 Å². The lowest BCUT2D eigenvalue weighted by Crippen LogP contribution is -2.27. The lowest BCUT2D eigenvalue weighted by Gasteiger charge is -2.22. The summed E-state index contributed by atoms with van der Waals surface area (Å²) in [6.45, 7) is 0. The van der Waals surface area contributed by atoms with Crippen LogP contribution in [0, 0.1) is 0 Å². The van der Waals surface area contributed by atoms with Gasteiger partial charge in [0.1, 0.15) is 0 Å². The zero-order valence-electron chi connectivity index (χ0n) is 15.8. The van der Waals surface area contributed by atoms with E-state index in [-0.39, 0.29) is 24.8 Å². The summed E-state index contributed by atoms with van der Waals surface area (Å²) in [6, 6.07) is 15.0. The largest absolute Gasteiger partial charge is 0.481 e. The number of carboxylic acid groups (broad SMARTS) is 1. The molecule has 0 unspecified atom stereocenters. The number of carbonyl (C=O) groups is 2. The van der Waals surface area contributed by atoms with Crippen molar-refractivity contribution in [2.24, 2.45) is 5.10 Å². The number of nitrogens with zero attached hydrogens (tertiary/aromatic N) is 3. The molecule has 7 heteroatoms. The molecular formula is C21H22ClN3O3. The van der Waals surface area contributed by atoms with Crippen molar-refractivity contribution in [3.8, 4) is 0 Å². The predicted molar refractivity (Wildman–Crippen MR) is 110 cm³/mol. The summed E-state index contributed by atoms with van der Waals surface area (Å²) in [6.07, 6.45) is 0.225. The van der Waals surface area contributed by atoms with Gasteiger partial charge < -0.3 is 10.0 Å². The van der Waals surface area contributed by atoms with Gasteiger partial charge in [0.25, 0.3) is 0 Å². The van der Waals surface area contributed by atoms with Gasteiger partial charge in [-0.15, -0.1) is 0 Å². The van der Waals surface area contributed by atoms with Gasteiger partial charge in [-0.25, -0.2) is 5.01 Å². The van der Waals surface area contributed by atoms with E-state index in [4.69, 9.17) is 16.7 Å². The minimum Gasteiger partial charge on any atom is -0.481 e. The third-order valence-corrected chi connectivity index (χ3v) is 4.90. The zero-order valence-corrected chi connectivity index (χ0v) is 16.6. The molecule has 0 bridgehead atoms. The van der Waals surface area contributed by atoms with Crippen molar-refractivity contribution in [3.63, 3.8) is 0 Å². The van der Waals surface area contributed by atoms with Crippen LogP contribution in [0.4, 0.5) is 5.69 Å². The van der Waals surface area contributed by atoms with Gasteiger partial charge in [-0.3, -0.25) is 9.59 Å². The van der Waals surface area contributed by atoms with E-state index in [0.717, 1.165) is 22.5 Å². The number of rotatable bonds is 6. The summed E-state index contributed by atoms with van der Waals surface area (Å²) < 4.78 is 0. The number of carbonyl (C=O) groups excluding carboxylic acids is 1. The molecule has 1 aliphatic rings. The van der Waals surface area contributed by atoms with E-state index < -0.39 is 5.97 Å². The zero-order chi connectivity index (χ0) is 20.3. The van der Waals surface area contributed by atoms with E-state index in [1.54, 1.807) is 6.07 Å². The highest BCUT2D eigenvalue weighted by molar-refractivity contribution is 6.30. The third-order valence-electron chi connectivity index (χ3n) is 4.67. The summed E-state index contributed by atoms with van der Waals surface area (Å²) in [5.74, 6) is -1.32. The van der Waals surface area contributed by atoms with Crippen LogP contribution in [0.25, 0.3) is 0 Å². The highest BCUT2D eigenvalue weighted by Gasteiger charge is 2.33. The number of aliphatic carboxylic acids is 1. The minimum atomic E-state index is -1.00. The molecule has 2 aromatic carbocycles. The highest BCUT2D eigenvalue weighted by Crippen LogP contribution is 2.34. The molecule has 1 atom stereocenters. The van der Waals surface area contributed by atoms with Crippen molar-refractivity contribution in [2.45, 2.75) is 25.3 Å². The SMILES string of the molecule is CN(C)c1ccc(C2=NN(C(=O)CCC(=O)O)[C@H](c3cccc(Cl)c3)C2)cc1. The van der Waals surface area contributed by atoms with E-state index >= 15 is 0 Å². The Morgan fingerprint density at radius 1 is 1.18 bits per heavy atom. The maximum absolute atomic E-state index is 12.7. The van der Waals surface area contributed by atoms with Crippen molar-refractivity contribution >= 4 is 34.9 Å². The molecule has 0 fully saturated rings. The van der Waals surface area contributed by atoms with Crippen molar-refractivity contribution in [1.82, 2.24) is 5.01 Å². The van der Waals surface area contributed by atoms with Gasteiger partial charge in [0, 0.05) is 37.6 Å². The van der Waals surface area contributed by atoms with Crippen LogP contribution < -0.4 is 4.90 Å². The smallest absolute Gasteiger partial charge is 0.303 e. The number of amides is 1. The molecule has 0 radical (unpaired) electrons. The molecule has 1 N–H and O–H groups in total. The number of hydrazone groups is 1. The maximum Gasteiger partial charge on any atom is 0.303 e. The summed E-state index contributed by atoms with van der Waals surface area (Å²) in [4.78, 5) is 25.5. The highest BCUT2D eigenvalue weighted by atomic mass is 35.5. The van der Waals surface area contributed by atoms with Crippen molar-refractivity contribution in [3.05, 3.63) is 64.7 Å². The van der Waals surface area contributed by atoms with Crippen LogP contribution in [0.3, 0.4) is 0 Å². The van der Waals surface area contributed by atoms with Crippen LogP contribution in [0.2, 0.25) is 5.02 Å². The average molecular weight is 400 g/mol. The van der Waals surface area contributed by atoms with Crippen molar-refractivity contribution in [1.29, 1.82) is 0 Å². The summed E-state index contributed by atoms with van der Waals surface area (Å²) in [5, 5.41) is 15.4. The van der Waals surface area contributed by atoms with Gasteiger partial charge in [-0.1, -0.05) is 35.9 Å². The van der Waals surface area contributed by atoms with Crippen LogP contribution >= 0.6 is 11.6 Å². The molecule has 0 spiro atoms. The standard InChI is InChI=1S/C21H22ClN3O3/c1-24(2)17-8-6-14(7-9-17)18-13-19(15-4-3-5-16(22)12-15)25(23-18)20(26)10-11-21(27)28/h3-9,12,19H,10-11,13H2,1-2H3,(H,27,28)/t19-/m0/s1. The van der Waals surface area contributed by atoms with E-state index in [2.05, 4.69) is 5.10 Å². The Balaban J connectivity index is 1.90. The Morgan fingerprint density at radius 2 is 1.89 bits per heavy atom. The fraction of sp³-hybridized carbons (Fsp3) is 0.286. The van der Waals surface area contributed by atoms with Gasteiger partial charge in [-0.2, -0.15) is 5.10 Å². The second-order valence-electron chi connectivity index (χ2n) is 6.89. The van der Waals surface area contributed by atoms with Crippen LogP contribution in [0.1, 0.15) is 36.4 Å². The number of hydrogen-bond acceptors (Lipinski definition) is 4. The predicted octanol–water partition coefficient (Wildman–Crippen LogP) is 3.95. The van der Waals surface area contributed by atoms with Crippen LogP contribution in [0.15, 0.2) is 53.6 Å². The Morgan fingerprint density at radius 3 is 2.50 bits per heavy atom. The molecular weight excluding hydrogens is 378 g/mol. The van der Waals surface area contributed by atoms with Gasteiger partial charge in [0.05, 0.1) is 18.2 Å². The molecule has 28 heavy (non-hydrogen) atoms. The first-order chi connectivity index (χ1) is 13.3. The Bertz CT molecular complexity index is 909. The van der Waals surface area contributed by atoms with E-state index in [0.29, 0.717) is 11.4 Å². The van der Waals surface area contributed by atoms with Gasteiger partial charge in [0.15, 0.2) is 0 Å². The molecule has 3 rings (SSSR count). The normalized spacial score (nSPS) is 16.0. The number of halogens is 1. The van der Waals surface area contributed by atoms with Gasteiger partial charge in [-0.05, 0) is 35.4 Å². The van der Waals surface area contributed by atoms with Crippen LogP contribution in [0.5, 0.6) is 0 Å². The molecule has 1 aliphatic heterocycles. The van der Waals surface area contributed by atoms with E-state index in [1.807, 2.05) is 61.5 Å². The first-order valence-electron chi connectivity index (χ1n) is 8.99. The summed E-state index contributed by atoms with van der Waals surface area (Å²) in [7, 11) is 3.94. The Hall–Kier alpha value is -2.86. The lowest BCUT2D eigenvalue weighted by molar-refractivity contribution is -0.141. The molecule has 6 nitrogen and oxygen atoms in total. The first kappa shape index (κ1) is 19.9. The second kappa shape index (κ2) is 8.44. The molecule has 0 aromatic heterocycles. The van der Waals surface area contributed by atoms with Gasteiger partial charge in [0.2, 0.25) is 5.91 Å². The maximum atomic E-state index is 12.7. The topological polar surface area (TPSA) is 73.2 Å². The second-order valence-corrected chi connectivity index (χ2v) is 7.33. The summed E-state index contributed by atoms with van der Waals surface area (Å²) in [5.41, 5.74) is 3.67.